The predicted molar refractivity (Wildman–Crippen MR) is 140 cm³/mol. The molecule has 4 nitrogen and oxygen atoms in total. The molecule has 0 bridgehead atoms. The number of benzene rings is 3. The van der Waals surface area contributed by atoms with Crippen molar-refractivity contribution in [1.82, 2.24) is 4.90 Å². The third-order valence-corrected chi connectivity index (χ3v) is 6.49. The maximum absolute atomic E-state index is 12.7. The van der Waals surface area contributed by atoms with E-state index in [-0.39, 0.29) is 12.3 Å². The van der Waals surface area contributed by atoms with Gasteiger partial charge in [0.05, 0.1) is 0 Å². The lowest BCUT2D eigenvalue weighted by Gasteiger charge is -2.25. The van der Waals surface area contributed by atoms with Crippen molar-refractivity contribution in [2.45, 2.75) is 24.6 Å². The van der Waals surface area contributed by atoms with Gasteiger partial charge in [-0.05, 0) is 60.1 Å². The van der Waals surface area contributed by atoms with Crippen molar-refractivity contribution in [3.63, 3.8) is 0 Å². The summed E-state index contributed by atoms with van der Waals surface area (Å²) in [5, 5.41) is 1.35. The lowest BCUT2D eigenvalue weighted by Crippen LogP contribution is -2.37. The number of ether oxygens (including phenoxy) is 2. The summed E-state index contributed by atoms with van der Waals surface area (Å²) in [5.41, 5.74) is 2.81. The molecule has 1 unspecified atom stereocenters. The van der Waals surface area contributed by atoms with Crippen LogP contribution in [0, 0.1) is 0 Å². The first kappa shape index (κ1) is 29.0. The number of hydrogen-bond donors (Lipinski definition) is 0. The second kappa shape index (κ2) is 13.3. The second-order valence-corrected chi connectivity index (χ2v) is 9.57. The van der Waals surface area contributed by atoms with Gasteiger partial charge < -0.3 is 14.4 Å². The van der Waals surface area contributed by atoms with Crippen LogP contribution < -0.4 is 4.74 Å². The lowest BCUT2D eigenvalue weighted by atomic mass is 9.91. The number of methoxy groups -OCH3 is 1. The van der Waals surface area contributed by atoms with Crippen molar-refractivity contribution in [2.75, 3.05) is 33.9 Å². The summed E-state index contributed by atoms with van der Waals surface area (Å²) in [7, 11) is 3.10. The number of nitrogens with zero attached hydrogens (tertiary/aromatic N) is 1. The lowest BCUT2D eigenvalue weighted by molar-refractivity contribution is -0.181. The number of halogens is 5. The van der Waals surface area contributed by atoms with E-state index >= 15 is 0 Å². The molecule has 0 saturated carbocycles. The fourth-order valence-electron chi connectivity index (χ4n) is 3.92. The maximum Gasteiger partial charge on any atom is 0.452 e. The van der Waals surface area contributed by atoms with E-state index in [1.54, 1.807) is 24.3 Å². The number of carbonyl (C=O) groups excluding carboxylic acids is 1. The molecule has 0 radical (unpaired) electrons. The second-order valence-electron chi connectivity index (χ2n) is 8.70. The van der Waals surface area contributed by atoms with Crippen LogP contribution in [0.1, 0.15) is 22.6 Å². The summed E-state index contributed by atoms with van der Waals surface area (Å²) in [5.74, 6) is -1.21. The van der Waals surface area contributed by atoms with Crippen LogP contribution in [-0.4, -0.2) is 56.8 Å². The van der Waals surface area contributed by atoms with Crippen molar-refractivity contribution in [3.05, 3.63) is 99.5 Å². The van der Waals surface area contributed by atoms with Crippen LogP contribution in [0.5, 0.6) is 5.75 Å². The average Bonchev–Trinajstić information content (AvgIpc) is 2.87. The Kier molecular flexibility index (Phi) is 10.4. The van der Waals surface area contributed by atoms with Gasteiger partial charge in [-0.25, -0.2) is 0 Å². The molecule has 37 heavy (non-hydrogen) atoms. The first-order valence-corrected chi connectivity index (χ1v) is 12.4. The Hall–Kier alpha value is -2.58. The minimum absolute atomic E-state index is 0.104. The molecule has 0 heterocycles. The van der Waals surface area contributed by atoms with Crippen molar-refractivity contribution in [1.29, 1.82) is 0 Å². The molecule has 0 aliphatic carbocycles. The minimum Gasteiger partial charge on any atom is -0.492 e. The molecular formula is C28H28Cl2F3NO3. The number of rotatable bonds is 12. The highest BCUT2D eigenvalue weighted by Gasteiger charge is 2.43. The van der Waals surface area contributed by atoms with Gasteiger partial charge in [-0.1, -0.05) is 59.6 Å². The van der Waals surface area contributed by atoms with Crippen molar-refractivity contribution < 1.29 is 27.4 Å². The monoisotopic (exact) mass is 553 g/mol. The van der Waals surface area contributed by atoms with Crippen LogP contribution in [0.15, 0.2) is 72.8 Å². The van der Waals surface area contributed by atoms with Crippen LogP contribution in [-0.2, 0) is 16.0 Å². The van der Waals surface area contributed by atoms with Gasteiger partial charge in [-0.2, -0.15) is 13.2 Å². The third kappa shape index (κ3) is 8.75. The summed E-state index contributed by atoms with van der Waals surface area (Å²) < 4.78 is 48.7. The Labute approximate surface area is 224 Å². The first-order valence-electron chi connectivity index (χ1n) is 11.6. The Morgan fingerprint density at radius 3 is 1.86 bits per heavy atom. The molecule has 0 aliphatic rings. The highest BCUT2D eigenvalue weighted by molar-refractivity contribution is 6.30. The molecular weight excluding hydrogens is 526 g/mol. The molecule has 1 atom stereocenters. The van der Waals surface area contributed by atoms with Gasteiger partial charge in [0.1, 0.15) is 18.5 Å². The zero-order chi connectivity index (χ0) is 27.0. The van der Waals surface area contributed by atoms with E-state index in [9.17, 15) is 18.0 Å². The number of likely N-dealkylation sites (N-methyl/N-ethyl adjacent to an activating group) is 1. The summed E-state index contributed by atoms with van der Waals surface area (Å²) in [6.07, 6.45) is -6.68. The molecule has 0 amide bonds. The van der Waals surface area contributed by atoms with Crippen LogP contribution in [0.4, 0.5) is 13.2 Å². The van der Waals surface area contributed by atoms with E-state index < -0.39 is 18.1 Å². The summed E-state index contributed by atoms with van der Waals surface area (Å²) in [6, 6.07) is 22.2. The van der Waals surface area contributed by atoms with E-state index in [1.807, 2.05) is 55.6 Å². The largest absolute Gasteiger partial charge is 0.492 e. The van der Waals surface area contributed by atoms with Crippen LogP contribution in [0.2, 0.25) is 10.0 Å². The topological polar surface area (TPSA) is 38.8 Å². The van der Waals surface area contributed by atoms with Crippen molar-refractivity contribution in [3.8, 4) is 5.75 Å². The molecule has 0 aromatic heterocycles. The molecule has 0 fully saturated rings. The van der Waals surface area contributed by atoms with Crippen LogP contribution in [0.25, 0.3) is 0 Å². The molecule has 0 N–H and O–H groups in total. The molecule has 0 spiro atoms. The van der Waals surface area contributed by atoms with E-state index in [0.29, 0.717) is 34.5 Å². The van der Waals surface area contributed by atoms with Crippen LogP contribution in [0.3, 0.4) is 0 Å². The van der Waals surface area contributed by atoms with Gasteiger partial charge in [-0.3, -0.25) is 4.79 Å². The number of hydrogen-bond acceptors (Lipinski definition) is 4. The van der Waals surface area contributed by atoms with E-state index in [2.05, 4.69) is 4.90 Å². The van der Waals surface area contributed by atoms with Crippen molar-refractivity contribution in [2.24, 2.45) is 0 Å². The number of Topliss-reactive ketones (excluding diaryl/α,β-unsaturated/α-hetero) is 1. The molecule has 0 saturated heterocycles. The summed E-state index contributed by atoms with van der Waals surface area (Å²) in [4.78, 5) is 13.6. The van der Waals surface area contributed by atoms with Gasteiger partial charge in [0.25, 0.3) is 5.78 Å². The zero-order valence-corrected chi connectivity index (χ0v) is 22.0. The Bertz CT molecular complexity index is 1090. The molecule has 0 aliphatic heterocycles. The standard InChI is InChI=1S/C28H28Cl2F3NO3/c1-34(18-25(20-5-9-22(29)10-6-20)21-7-11-23(30)12-8-21)15-16-37-24-13-3-19(4-14-24)17-26(36-2)27(35)28(31,32)33/h3-14,25-26H,15-18H2,1-2H3. The predicted octanol–water partition coefficient (Wildman–Crippen LogP) is 6.83. The fraction of sp³-hybridized carbons (Fsp3) is 0.321. The molecule has 3 rings (SSSR count). The normalized spacial score (nSPS) is 12.7. The Morgan fingerprint density at radius 2 is 1.41 bits per heavy atom. The van der Waals surface area contributed by atoms with Crippen molar-refractivity contribution >= 4 is 29.0 Å². The van der Waals surface area contributed by atoms with Gasteiger partial charge in [0.2, 0.25) is 0 Å². The smallest absolute Gasteiger partial charge is 0.452 e. The molecule has 9 heteroatoms. The zero-order valence-electron chi connectivity index (χ0n) is 20.5. The number of alkyl halides is 3. The van der Waals surface area contributed by atoms with Gasteiger partial charge in [0.15, 0.2) is 0 Å². The SMILES string of the molecule is COC(Cc1ccc(OCCN(C)CC(c2ccc(Cl)cc2)c2ccc(Cl)cc2)cc1)C(=O)C(F)(F)F. The van der Waals surface area contributed by atoms with Crippen LogP contribution >= 0.6 is 23.2 Å². The molecule has 3 aromatic rings. The Balaban J connectivity index is 1.56. The first-order chi connectivity index (χ1) is 17.6. The highest BCUT2D eigenvalue weighted by atomic mass is 35.5. The number of ketones is 1. The fourth-order valence-corrected chi connectivity index (χ4v) is 4.17. The quantitative estimate of drug-likeness (QED) is 0.246. The molecule has 3 aromatic carbocycles. The van der Waals surface area contributed by atoms with E-state index in [0.717, 1.165) is 24.8 Å². The maximum atomic E-state index is 12.7. The number of carbonyl (C=O) groups is 1. The van der Waals surface area contributed by atoms with Gasteiger partial charge >= 0.3 is 6.18 Å². The third-order valence-electron chi connectivity index (χ3n) is 5.98. The summed E-state index contributed by atoms with van der Waals surface area (Å²) >= 11 is 12.2. The van der Waals surface area contributed by atoms with Gasteiger partial charge in [0, 0.05) is 42.6 Å². The van der Waals surface area contributed by atoms with E-state index in [4.69, 9.17) is 32.7 Å². The molecule has 198 valence electrons. The minimum atomic E-state index is -4.93. The van der Waals surface area contributed by atoms with Gasteiger partial charge in [-0.15, -0.1) is 0 Å². The Morgan fingerprint density at radius 1 is 0.892 bits per heavy atom. The highest BCUT2D eigenvalue weighted by Crippen LogP contribution is 2.28. The van der Waals surface area contributed by atoms with E-state index in [1.165, 1.54) is 0 Å². The average molecular weight is 554 g/mol. The summed E-state index contributed by atoms with van der Waals surface area (Å²) in [6.45, 7) is 1.79.